The van der Waals surface area contributed by atoms with E-state index in [2.05, 4.69) is 67.2 Å². The fourth-order valence-electron chi connectivity index (χ4n) is 11.1. The first-order chi connectivity index (χ1) is 43.9. The van der Waals surface area contributed by atoms with Crippen molar-refractivity contribution in [2.75, 3.05) is 11.1 Å². The van der Waals surface area contributed by atoms with Crippen LogP contribution in [0.1, 0.15) is 77.1 Å². The minimum absolute atomic E-state index is 0.0373. The van der Waals surface area contributed by atoms with Gasteiger partial charge in [0.25, 0.3) is 11.8 Å². The van der Waals surface area contributed by atoms with E-state index in [4.69, 9.17) is 19.5 Å². The Morgan fingerprint density at radius 3 is 1.57 bits per heavy atom. The lowest BCUT2D eigenvalue weighted by atomic mass is 9.70. The molecule has 1 saturated heterocycles. The Labute approximate surface area is 537 Å². The molecule has 8 aromatic carbocycles. The number of amides is 3. The van der Waals surface area contributed by atoms with Crippen LogP contribution >= 0.6 is 46.6 Å². The molecule has 19 heteroatoms. The number of benzene rings is 8. The molecular weight excluding hydrogens is 1210 g/mol. The summed E-state index contributed by atoms with van der Waals surface area (Å²) < 4.78 is 11.7. The maximum Gasteiger partial charge on any atom is 0.413 e. The van der Waals surface area contributed by atoms with Crippen LogP contribution in [0.15, 0.2) is 275 Å². The van der Waals surface area contributed by atoms with Crippen LogP contribution in [0.5, 0.6) is 0 Å². The molecule has 4 heterocycles. The summed E-state index contributed by atoms with van der Waals surface area (Å²) in [6.45, 7) is 5.24. The topological polar surface area (TPSA) is 190 Å². The molecule has 15 nitrogen and oxygen atoms in total. The van der Waals surface area contributed by atoms with Gasteiger partial charge in [0.05, 0.1) is 10.00 Å². The van der Waals surface area contributed by atoms with Crippen molar-refractivity contribution in [3.63, 3.8) is 0 Å². The van der Waals surface area contributed by atoms with E-state index in [0.717, 1.165) is 39.2 Å². The predicted octanol–water partition coefficient (Wildman–Crippen LogP) is 14.2. The number of nitrogens with zero attached hydrogens (tertiary/aromatic N) is 5. The van der Waals surface area contributed by atoms with E-state index >= 15 is 14.4 Å². The van der Waals surface area contributed by atoms with Crippen LogP contribution in [-0.4, -0.2) is 82.0 Å². The van der Waals surface area contributed by atoms with Gasteiger partial charge in [-0.2, -0.15) is 0 Å². The van der Waals surface area contributed by atoms with Crippen LogP contribution in [-0.2, 0) is 39.7 Å². The molecule has 450 valence electrons. The van der Waals surface area contributed by atoms with Crippen molar-refractivity contribution in [2.24, 2.45) is 5.16 Å². The van der Waals surface area contributed by atoms with Crippen LogP contribution in [0.25, 0.3) is 0 Å². The van der Waals surface area contributed by atoms with E-state index in [-0.39, 0.29) is 28.0 Å². The molecule has 0 spiro atoms. The second-order valence-electron chi connectivity index (χ2n) is 22.0. The zero-order valence-electron chi connectivity index (χ0n) is 49.0. The molecule has 2 aliphatic heterocycles. The molecule has 1 fully saturated rings. The molecule has 2 aliphatic rings. The Bertz CT molecular complexity index is 3920. The Morgan fingerprint density at radius 1 is 0.644 bits per heavy atom. The van der Waals surface area contributed by atoms with Gasteiger partial charge in [-0.15, -0.1) is 45.1 Å². The van der Waals surface area contributed by atoms with Crippen molar-refractivity contribution >= 4 is 81.3 Å². The maximum atomic E-state index is 15.9. The zero-order valence-corrected chi connectivity index (χ0v) is 52.3. The van der Waals surface area contributed by atoms with Gasteiger partial charge in [0.15, 0.2) is 22.1 Å². The van der Waals surface area contributed by atoms with Gasteiger partial charge < -0.3 is 24.6 Å². The first-order valence-electron chi connectivity index (χ1n) is 28.9. The number of aromatic amines is 1. The fourth-order valence-corrected chi connectivity index (χ4v) is 16.5. The lowest BCUT2D eigenvalue weighted by molar-refractivity contribution is -0.154. The number of anilines is 1. The third-order valence-electron chi connectivity index (χ3n) is 15.1. The van der Waals surface area contributed by atoms with Crippen molar-refractivity contribution in [1.82, 2.24) is 30.4 Å². The molecule has 0 aliphatic carbocycles. The third-order valence-corrected chi connectivity index (χ3v) is 20.1. The molecule has 0 radical (unpaired) electrons. The highest BCUT2D eigenvalue weighted by Crippen LogP contribution is 2.56. The van der Waals surface area contributed by atoms with E-state index in [9.17, 15) is 4.79 Å². The van der Waals surface area contributed by atoms with Crippen molar-refractivity contribution in [3.8, 4) is 0 Å². The summed E-state index contributed by atoms with van der Waals surface area (Å²) in [5.74, 6) is -1.91. The summed E-state index contributed by atoms with van der Waals surface area (Å²) in [6.07, 6.45) is -0.0942. The number of aromatic nitrogens is 4. The van der Waals surface area contributed by atoms with Crippen LogP contribution in [0.4, 0.5) is 9.93 Å². The van der Waals surface area contributed by atoms with Crippen molar-refractivity contribution in [2.45, 2.75) is 64.6 Å². The smallest absolute Gasteiger partial charge is 0.413 e. The van der Waals surface area contributed by atoms with E-state index in [0.29, 0.717) is 26.8 Å². The molecule has 12 rings (SSSR count). The number of fused-ring (bicyclic) bond motifs is 1. The summed E-state index contributed by atoms with van der Waals surface area (Å²) in [6, 6.07) is 77.1. The molecule has 10 aromatic rings. The minimum Gasteiger partial charge on any atom is -0.448 e. The van der Waals surface area contributed by atoms with E-state index in [1.54, 1.807) is 26.2 Å². The first-order valence-corrected chi connectivity index (χ1v) is 32.6. The van der Waals surface area contributed by atoms with Crippen LogP contribution in [0.3, 0.4) is 0 Å². The summed E-state index contributed by atoms with van der Waals surface area (Å²) in [4.78, 5) is 76.9. The van der Waals surface area contributed by atoms with Crippen molar-refractivity contribution < 1.29 is 33.5 Å². The third kappa shape index (κ3) is 12.7. The Balaban J connectivity index is 0.967. The number of hydrogen-bond donors (Lipinski definition) is 3. The Hall–Kier alpha value is -9.53. The number of oxime groups is 1. The van der Waals surface area contributed by atoms with Gasteiger partial charge in [0, 0.05) is 32.7 Å². The minimum atomic E-state index is -1.43. The number of H-pyrrole nitrogens is 1. The van der Waals surface area contributed by atoms with Gasteiger partial charge in [0.2, 0.25) is 5.60 Å². The second-order valence-corrected chi connectivity index (χ2v) is 26.5. The largest absolute Gasteiger partial charge is 0.448 e. The first kappa shape index (κ1) is 60.7. The number of carbonyl (C=O) groups excluding carboxylic acids is 4. The molecule has 3 atom stereocenters. The quantitative estimate of drug-likeness (QED) is 0.0117. The molecule has 3 amide bonds. The molecule has 90 heavy (non-hydrogen) atoms. The van der Waals surface area contributed by atoms with Gasteiger partial charge in [-0.1, -0.05) is 260 Å². The molecule has 0 bridgehead atoms. The standard InChI is InChI=1S/C71H60N8O7S4/c1-69(2,3)85-68(83)76-67-74-55(44-88-67)57(78-86-71(52-38-22-9-23-39-52,53-40-24-10-25-41-53)54-42-26-11-27-43-54)61(80)75-58-62(81)79-59(64(82)84-60(47-28-12-4-13-29-47)48-30-14-5-15-31-48)56(45-87-63(58)79)89-65(90-66-72-46-73-77-66)70(49-32-16-6-17-33-49,50-34-18-7-19-35-50)51-36-20-8-21-37-51/h4-44,46,58,60,63,65H,45H2,1-3H3,(H,75,80)(H,72,73,77)(H,74,76,83)/t58-,63+,65?/m1/s1. The van der Waals surface area contributed by atoms with Crippen LogP contribution in [0.2, 0.25) is 0 Å². The van der Waals surface area contributed by atoms with Crippen LogP contribution < -0.4 is 10.6 Å². The fraction of sp³-hybridized carbons (Fsp3) is 0.155. The number of ether oxygens (including phenoxy) is 2. The highest BCUT2D eigenvalue weighted by Gasteiger charge is 2.56. The number of β-lactam (4-membered cyclic amide) rings is 1. The maximum absolute atomic E-state index is 15.9. The number of nitrogens with one attached hydrogen (secondary N) is 3. The summed E-state index contributed by atoms with van der Waals surface area (Å²) in [5.41, 5.74) is 3.05. The number of esters is 1. The molecule has 0 saturated carbocycles. The molecule has 3 N–H and O–H groups in total. The Morgan fingerprint density at radius 2 is 1.11 bits per heavy atom. The van der Waals surface area contributed by atoms with Crippen LogP contribution in [0, 0.1) is 0 Å². The second kappa shape index (κ2) is 27.1. The summed E-state index contributed by atoms with van der Waals surface area (Å²) >= 11 is 5.36. The monoisotopic (exact) mass is 1260 g/mol. The lowest BCUT2D eigenvalue weighted by Crippen LogP contribution is -2.71. The van der Waals surface area contributed by atoms with E-state index in [1.165, 1.54) is 46.5 Å². The number of thioether (sulfide) groups is 3. The average Bonchev–Trinajstić information content (AvgIpc) is 0.786. The van der Waals surface area contributed by atoms with E-state index < -0.39 is 62.6 Å². The SMILES string of the molecule is CC(C)(C)OC(=O)Nc1nc(C(=NOC(c2ccccc2)(c2ccccc2)c2ccccc2)C(=O)N[C@@H]2C(=O)N3C(C(=O)OC(c4ccccc4)c4ccccc4)=C(SC(Sc4nnc[nH]4)C(c4ccccc4)(c4ccccc4)c4ccccc4)CS[C@@H]23)cs1. The number of rotatable bonds is 21. The highest BCUT2D eigenvalue weighted by atomic mass is 32.2. The summed E-state index contributed by atoms with van der Waals surface area (Å²) in [7, 11) is 0. The number of hydrogen-bond acceptors (Lipinski definition) is 15. The van der Waals surface area contributed by atoms with Gasteiger partial charge in [0.1, 0.15) is 34.7 Å². The molecular formula is C71H60N8O7S4. The average molecular weight is 1270 g/mol. The molecule has 1 unspecified atom stereocenters. The van der Waals surface area contributed by atoms with Crippen molar-refractivity contribution in [3.05, 3.63) is 315 Å². The highest BCUT2D eigenvalue weighted by molar-refractivity contribution is 8.19. The predicted molar refractivity (Wildman–Crippen MR) is 354 cm³/mol. The normalized spacial score (nSPS) is 15.5. The van der Waals surface area contributed by atoms with Gasteiger partial charge in [-0.3, -0.25) is 19.8 Å². The molecule has 2 aromatic heterocycles. The van der Waals surface area contributed by atoms with Gasteiger partial charge in [-0.25, -0.2) is 14.6 Å². The Kier molecular flexibility index (Phi) is 18.3. The van der Waals surface area contributed by atoms with E-state index in [1.807, 2.05) is 206 Å². The number of carbonyl (C=O) groups is 4. The van der Waals surface area contributed by atoms with Gasteiger partial charge >= 0.3 is 12.1 Å². The van der Waals surface area contributed by atoms with Crippen molar-refractivity contribution in [1.29, 1.82) is 0 Å². The summed E-state index contributed by atoms with van der Waals surface area (Å²) in [5, 5.41) is 20.6. The van der Waals surface area contributed by atoms with Gasteiger partial charge in [-0.05, 0) is 48.6 Å². The lowest BCUT2D eigenvalue weighted by Gasteiger charge is -2.50. The number of thiazole rings is 1. The zero-order chi connectivity index (χ0) is 62.1.